The van der Waals surface area contributed by atoms with Crippen LogP contribution in [-0.4, -0.2) is 0 Å². The highest BCUT2D eigenvalue weighted by molar-refractivity contribution is 6.22. The highest BCUT2D eigenvalue weighted by Gasteiger charge is 2.10. The number of hydrogen-bond acceptors (Lipinski definition) is 0. The van der Waals surface area contributed by atoms with E-state index in [1.54, 1.807) is 0 Å². The molecule has 0 aliphatic carbocycles. The lowest BCUT2D eigenvalue weighted by Crippen LogP contribution is -1.90. The predicted molar refractivity (Wildman–Crippen MR) is 120 cm³/mol. The van der Waals surface area contributed by atoms with Gasteiger partial charge in [-0.2, -0.15) is 0 Å². The van der Waals surface area contributed by atoms with Gasteiger partial charge in [0.15, 0.2) is 0 Å². The lowest BCUT2D eigenvalue weighted by molar-refractivity contribution is 1.10. The fourth-order valence-electron chi connectivity index (χ4n) is 4.57. The molecule has 5 aromatic rings. The second-order valence-electron chi connectivity index (χ2n) is 7.67. The van der Waals surface area contributed by atoms with Crippen molar-refractivity contribution >= 4 is 43.1 Å². The largest absolute Gasteiger partial charge is 0.0613 e. The SMILES string of the molecule is CCc1cc(CC)c2ccc3c(ccc4c5ccc(C)cc5ccc43)c2c1. The molecule has 0 atom stereocenters. The van der Waals surface area contributed by atoms with Crippen LogP contribution in [0.4, 0.5) is 0 Å². The second-order valence-corrected chi connectivity index (χ2v) is 7.67. The van der Waals surface area contributed by atoms with Crippen molar-refractivity contribution in [2.24, 2.45) is 0 Å². The van der Waals surface area contributed by atoms with Crippen molar-refractivity contribution in [2.45, 2.75) is 33.6 Å². The minimum atomic E-state index is 1.08. The summed E-state index contributed by atoms with van der Waals surface area (Å²) in [7, 11) is 0. The lowest BCUT2D eigenvalue weighted by Gasteiger charge is -2.13. The third-order valence-corrected chi connectivity index (χ3v) is 6.04. The average Bonchev–Trinajstić information content (AvgIpc) is 2.71. The molecule has 5 rings (SSSR count). The molecule has 0 aliphatic rings. The zero-order valence-corrected chi connectivity index (χ0v) is 16.3. The summed E-state index contributed by atoms with van der Waals surface area (Å²) in [5, 5.41) is 10.9. The summed E-state index contributed by atoms with van der Waals surface area (Å²) in [4.78, 5) is 0. The van der Waals surface area contributed by atoms with E-state index in [4.69, 9.17) is 0 Å². The molecule has 0 heteroatoms. The standard InChI is InChI=1S/C27H24/c1-4-18-15-19(5-2)21-10-11-25-24-9-7-20-14-17(3)6-8-22(20)23(24)12-13-26(25)27(21)16-18/h6-16H,4-5H2,1-3H3. The van der Waals surface area contributed by atoms with E-state index in [9.17, 15) is 0 Å². The molecule has 0 fully saturated rings. The number of fused-ring (bicyclic) bond motifs is 7. The highest BCUT2D eigenvalue weighted by atomic mass is 14.1. The first-order valence-corrected chi connectivity index (χ1v) is 10.00. The Morgan fingerprint density at radius 2 is 1.11 bits per heavy atom. The van der Waals surface area contributed by atoms with Crippen LogP contribution in [0.15, 0.2) is 66.7 Å². The zero-order chi connectivity index (χ0) is 18.5. The van der Waals surface area contributed by atoms with E-state index in [0.717, 1.165) is 12.8 Å². The third kappa shape index (κ3) is 2.44. The minimum Gasteiger partial charge on any atom is -0.0613 e. The third-order valence-electron chi connectivity index (χ3n) is 6.04. The highest BCUT2D eigenvalue weighted by Crippen LogP contribution is 2.36. The van der Waals surface area contributed by atoms with Gasteiger partial charge in [-0.15, -0.1) is 0 Å². The Morgan fingerprint density at radius 3 is 1.81 bits per heavy atom. The lowest BCUT2D eigenvalue weighted by atomic mass is 9.91. The van der Waals surface area contributed by atoms with Crippen LogP contribution in [0.3, 0.4) is 0 Å². The Kier molecular flexibility index (Phi) is 3.68. The van der Waals surface area contributed by atoms with E-state index in [1.165, 1.54) is 59.8 Å². The summed E-state index contributed by atoms with van der Waals surface area (Å²) in [5.41, 5.74) is 4.20. The smallest absolute Gasteiger partial charge is 0.00987 e. The molecule has 0 unspecified atom stereocenters. The molecule has 0 amide bonds. The van der Waals surface area contributed by atoms with Gasteiger partial charge >= 0.3 is 0 Å². The Balaban J connectivity index is 1.93. The molecule has 132 valence electrons. The number of aryl methyl sites for hydroxylation is 3. The van der Waals surface area contributed by atoms with Crippen LogP contribution in [-0.2, 0) is 12.8 Å². The Hall–Kier alpha value is -2.86. The van der Waals surface area contributed by atoms with Crippen molar-refractivity contribution in [3.63, 3.8) is 0 Å². The maximum atomic E-state index is 2.40. The van der Waals surface area contributed by atoms with Gasteiger partial charge in [0.05, 0.1) is 0 Å². The van der Waals surface area contributed by atoms with Crippen LogP contribution < -0.4 is 0 Å². The van der Waals surface area contributed by atoms with Crippen LogP contribution in [0.1, 0.15) is 30.5 Å². The molecule has 0 saturated carbocycles. The van der Waals surface area contributed by atoms with E-state index < -0.39 is 0 Å². The topological polar surface area (TPSA) is 0 Å². The molecular formula is C27H24. The zero-order valence-electron chi connectivity index (χ0n) is 16.3. The minimum absolute atomic E-state index is 1.08. The maximum Gasteiger partial charge on any atom is -0.00987 e. The van der Waals surface area contributed by atoms with Gasteiger partial charge in [0.1, 0.15) is 0 Å². The van der Waals surface area contributed by atoms with Gasteiger partial charge in [0, 0.05) is 0 Å². The second kappa shape index (κ2) is 6.09. The van der Waals surface area contributed by atoms with Gasteiger partial charge < -0.3 is 0 Å². The van der Waals surface area contributed by atoms with Crippen LogP contribution in [0.25, 0.3) is 43.1 Å². The number of benzene rings is 5. The Bertz CT molecular complexity index is 1340. The quantitative estimate of drug-likeness (QED) is 0.286. The van der Waals surface area contributed by atoms with E-state index >= 15 is 0 Å². The molecule has 0 saturated heterocycles. The molecule has 27 heavy (non-hydrogen) atoms. The predicted octanol–water partition coefficient (Wildman–Crippen LogP) is 7.73. The van der Waals surface area contributed by atoms with Crippen molar-refractivity contribution in [1.82, 2.24) is 0 Å². The summed E-state index contributed by atoms with van der Waals surface area (Å²) in [6.45, 7) is 6.66. The summed E-state index contributed by atoms with van der Waals surface area (Å²) < 4.78 is 0. The van der Waals surface area contributed by atoms with Crippen molar-refractivity contribution in [1.29, 1.82) is 0 Å². The van der Waals surface area contributed by atoms with E-state index in [2.05, 4.69) is 87.5 Å². The van der Waals surface area contributed by atoms with Gasteiger partial charge in [-0.3, -0.25) is 0 Å². The van der Waals surface area contributed by atoms with Gasteiger partial charge in [-0.1, -0.05) is 86.1 Å². The van der Waals surface area contributed by atoms with Crippen LogP contribution in [0, 0.1) is 6.92 Å². The first-order chi connectivity index (χ1) is 13.2. The molecule has 0 nitrogen and oxygen atoms in total. The normalized spacial score (nSPS) is 11.8. The molecule has 0 aromatic heterocycles. The van der Waals surface area contributed by atoms with Crippen molar-refractivity contribution in [2.75, 3.05) is 0 Å². The van der Waals surface area contributed by atoms with Crippen molar-refractivity contribution < 1.29 is 0 Å². The van der Waals surface area contributed by atoms with Gasteiger partial charge in [-0.25, -0.2) is 0 Å². The van der Waals surface area contributed by atoms with E-state index in [-0.39, 0.29) is 0 Å². The molecule has 0 heterocycles. The summed E-state index contributed by atoms with van der Waals surface area (Å²) in [6, 6.07) is 25.4. The first-order valence-electron chi connectivity index (χ1n) is 10.00. The number of hydrogen-bond donors (Lipinski definition) is 0. The van der Waals surface area contributed by atoms with Gasteiger partial charge in [0.2, 0.25) is 0 Å². The van der Waals surface area contributed by atoms with E-state index in [0.29, 0.717) is 0 Å². The Morgan fingerprint density at radius 1 is 0.519 bits per heavy atom. The molecular weight excluding hydrogens is 324 g/mol. The van der Waals surface area contributed by atoms with E-state index in [1.807, 2.05) is 0 Å². The fourth-order valence-corrected chi connectivity index (χ4v) is 4.57. The van der Waals surface area contributed by atoms with Gasteiger partial charge in [0.25, 0.3) is 0 Å². The van der Waals surface area contributed by atoms with Crippen molar-refractivity contribution in [3.05, 3.63) is 83.4 Å². The van der Waals surface area contributed by atoms with Crippen LogP contribution in [0.2, 0.25) is 0 Å². The van der Waals surface area contributed by atoms with Crippen LogP contribution in [0.5, 0.6) is 0 Å². The molecule has 0 N–H and O–H groups in total. The molecule has 0 radical (unpaired) electrons. The molecule has 0 aliphatic heterocycles. The molecule has 0 bridgehead atoms. The summed E-state index contributed by atoms with van der Waals surface area (Å²) >= 11 is 0. The fraction of sp³-hybridized carbons (Fsp3) is 0.185. The first kappa shape index (κ1) is 16.3. The monoisotopic (exact) mass is 348 g/mol. The van der Waals surface area contributed by atoms with Gasteiger partial charge in [-0.05, 0) is 74.0 Å². The average molecular weight is 348 g/mol. The van der Waals surface area contributed by atoms with Crippen molar-refractivity contribution in [3.8, 4) is 0 Å². The summed E-state index contributed by atoms with van der Waals surface area (Å²) in [6.07, 6.45) is 2.16. The number of rotatable bonds is 2. The maximum absolute atomic E-state index is 2.40. The van der Waals surface area contributed by atoms with Crippen LogP contribution >= 0.6 is 0 Å². The molecule has 5 aromatic carbocycles. The molecule has 0 spiro atoms. The Labute approximate surface area is 160 Å². The summed E-state index contributed by atoms with van der Waals surface area (Å²) in [5.74, 6) is 0.